The Morgan fingerprint density at radius 2 is 2.25 bits per heavy atom. The predicted molar refractivity (Wildman–Crippen MR) is 54.0 cm³/mol. The zero-order valence-electron chi connectivity index (χ0n) is 8.72. The number of nitrogens with one attached hydrogen (secondary N) is 1. The van der Waals surface area contributed by atoms with Crippen molar-refractivity contribution in [2.24, 2.45) is 0 Å². The third kappa shape index (κ3) is 2.52. The van der Waals surface area contributed by atoms with Crippen LogP contribution in [0.5, 0.6) is 0 Å². The smallest absolute Gasteiger partial charge is 0.314 e. The molecule has 1 fully saturated rings. The highest BCUT2D eigenvalue weighted by atomic mass is 19.4. The summed E-state index contributed by atoms with van der Waals surface area (Å²) in [6.07, 6.45) is -0.787. The highest BCUT2D eigenvalue weighted by Gasteiger charge is 2.35. The Labute approximate surface area is 91.9 Å². The van der Waals surface area contributed by atoms with E-state index in [1.54, 1.807) is 6.07 Å². The van der Waals surface area contributed by atoms with Crippen LogP contribution in [0.3, 0.4) is 0 Å². The third-order valence-electron chi connectivity index (χ3n) is 2.79. The average Bonchev–Trinajstić information content (AvgIpc) is 2.70. The van der Waals surface area contributed by atoms with E-state index in [0.717, 1.165) is 19.4 Å². The first kappa shape index (κ1) is 11.4. The van der Waals surface area contributed by atoms with Gasteiger partial charge in [0.2, 0.25) is 0 Å². The maximum atomic E-state index is 12.6. The molecule has 1 N–H and O–H groups in total. The summed E-state index contributed by atoms with van der Waals surface area (Å²) in [4.78, 5) is 3.44. The lowest BCUT2D eigenvalue weighted by Crippen LogP contribution is -2.25. The number of pyridine rings is 1. The van der Waals surface area contributed by atoms with Gasteiger partial charge in [0.25, 0.3) is 0 Å². The van der Waals surface area contributed by atoms with Gasteiger partial charge in [-0.05, 0) is 37.4 Å². The van der Waals surface area contributed by atoms with Crippen LogP contribution >= 0.6 is 0 Å². The first-order chi connectivity index (χ1) is 7.57. The van der Waals surface area contributed by atoms with Crippen molar-refractivity contribution in [2.45, 2.75) is 31.5 Å². The van der Waals surface area contributed by atoms with E-state index in [2.05, 4.69) is 10.3 Å². The Balaban J connectivity index is 2.19. The molecule has 0 bridgehead atoms. The zero-order chi connectivity index (χ0) is 11.6. The minimum absolute atomic E-state index is 0.158. The van der Waals surface area contributed by atoms with Crippen LogP contribution in [0, 0.1) is 0 Å². The lowest BCUT2D eigenvalue weighted by molar-refractivity contribution is -0.141. The molecule has 2 rings (SSSR count). The van der Waals surface area contributed by atoms with Crippen LogP contribution in [0.4, 0.5) is 13.2 Å². The van der Waals surface area contributed by atoms with Crippen molar-refractivity contribution in [3.05, 3.63) is 29.6 Å². The molecule has 0 saturated carbocycles. The lowest BCUT2D eigenvalue weighted by atomic mass is 10.0. The number of hydrogen-bond donors (Lipinski definition) is 1. The molecule has 0 aromatic carbocycles. The minimum atomic E-state index is -4.35. The lowest BCUT2D eigenvalue weighted by Gasteiger charge is -2.14. The summed E-state index contributed by atoms with van der Waals surface area (Å²) in [5, 5.41) is 3.19. The van der Waals surface area contributed by atoms with E-state index in [0.29, 0.717) is 6.42 Å². The topological polar surface area (TPSA) is 24.9 Å². The van der Waals surface area contributed by atoms with Crippen LogP contribution < -0.4 is 5.32 Å². The van der Waals surface area contributed by atoms with E-state index >= 15 is 0 Å². The highest BCUT2D eigenvalue weighted by molar-refractivity contribution is 5.23. The van der Waals surface area contributed by atoms with Gasteiger partial charge < -0.3 is 5.32 Å². The summed E-state index contributed by atoms with van der Waals surface area (Å²) < 4.78 is 37.9. The molecular weight excluding hydrogens is 217 g/mol. The molecule has 2 heterocycles. The van der Waals surface area contributed by atoms with Crippen molar-refractivity contribution in [1.82, 2.24) is 10.3 Å². The van der Waals surface area contributed by atoms with Crippen LogP contribution in [-0.2, 0) is 12.6 Å². The Morgan fingerprint density at radius 1 is 1.44 bits per heavy atom. The molecule has 0 amide bonds. The molecule has 16 heavy (non-hydrogen) atoms. The van der Waals surface area contributed by atoms with Gasteiger partial charge in [-0.3, -0.25) is 4.98 Å². The fourth-order valence-electron chi connectivity index (χ4n) is 2.05. The molecule has 1 atom stereocenters. The number of aromatic nitrogens is 1. The number of alkyl halides is 3. The summed E-state index contributed by atoms with van der Waals surface area (Å²) in [6.45, 7) is 0.895. The molecule has 5 heteroatoms. The van der Waals surface area contributed by atoms with Crippen LogP contribution in [0.25, 0.3) is 0 Å². The average molecular weight is 230 g/mol. The Hall–Kier alpha value is -1.10. The molecule has 88 valence electrons. The molecule has 0 spiro atoms. The molecule has 1 unspecified atom stereocenters. The Kier molecular flexibility index (Phi) is 3.14. The van der Waals surface area contributed by atoms with Crippen molar-refractivity contribution in [2.75, 3.05) is 6.54 Å². The largest absolute Gasteiger partial charge is 0.433 e. The van der Waals surface area contributed by atoms with Crippen molar-refractivity contribution in [3.8, 4) is 0 Å². The number of halogens is 3. The van der Waals surface area contributed by atoms with E-state index in [9.17, 15) is 13.2 Å². The number of rotatable bonds is 2. The van der Waals surface area contributed by atoms with Crippen LogP contribution in [0.15, 0.2) is 18.3 Å². The van der Waals surface area contributed by atoms with Gasteiger partial charge in [-0.15, -0.1) is 0 Å². The SMILES string of the molecule is FC(F)(F)c1ncccc1CC1CCCN1. The van der Waals surface area contributed by atoms with Crippen LogP contribution in [-0.4, -0.2) is 17.6 Å². The van der Waals surface area contributed by atoms with E-state index < -0.39 is 11.9 Å². The number of hydrogen-bond acceptors (Lipinski definition) is 2. The minimum Gasteiger partial charge on any atom is -0.314 e. The maximum absolute atomic E-state index is 12.6. The molecule has 2 nitrogen and oxygen atoms in total. The van der Waals surface area contributed by atoms with Gasteiger partial charge in [0.15, 0.2) is 0 Å². The quantitative estimate of drug-likeness (QED) is 0.843. The van der Waals surface area contributed by atoms with Crippen molar-refractivity contribution in [3.63, 3.8) is 0 Å². The molecule has 1 saturated heterocycles. The van der Waals surface area contributed by atoms with Gasteiger partial charge in [0.1, 0.15) is 5.69 Å². The van der Waals surface area contributed by atoms with Crippen LogP contribution in [0.1, 0.15) is 24.1 Å². The molecule has 0 aliphatic carbocycles. The van der Waals surface area contributed by atoms with Gasteiger partial charge >= 0.3 is 6.18 Å². The zero-order valence-corrected chi connectivity index (χ0v) is 8.72. The van der Waals surface area contributed by atoms with Crippen molar-refractivity contribution >= 4 is 0 Å². The van der Waals surface area contributed by atoms with E-state index in [-0.39, 0.29) is 11.6 Å². The molecule has 1 aromatic heterocycles. The fourth-order valence-corrected chi connectivity index (χ4v) is 2.05. The molecule has 1 aliphatic heterocycles. The van der Waals surface area contributed by atoms with Gasteiger partial charge in [-0.2, -0.15) is 13.2 Å². The van der Waals surface area contributed by atoms with Gasteiger partial charge in [0, 0.05) is 12.2 Å². The molecule has 0 radical (unpaired) electrons. The summed E-state index contributed by atoms with van der Waals surface area (Å²) in [7, 11) is 0. The predicted octanol–water partition coefficient (Wildman–Crippen LogP) is 2.39. The van der Waals surface area contributed by atoms with Crippen molar-refractivity contribution in [1.29, 1.82) is 0 Å². The molecular formula is C11H13F3N2. The van der Waals surface area contributed by atoms with Crippen molar-refractivity contribution < 1.29 is 13.2 Å². The molecule has 1 aliphatic rings. The Bertz CT molecular complexity index is 356. The maximum Gasteiger partial charge on any atom is 0.433 e. The van der Waals surface area contributed by atoms with E-state index in [1.807, 2.05) is 0 Å². The van der Waals surface area contributed by atoms with Gasteiger partial charge in [-0.1, -0.05) is 6.07 Å². The normalized spacial score (nSPS) is 21.3. The van der Waals surface area contributed by atoms with Gasteiger partial charge in [-0.25, -0.2) is 0 Å². The summed E-state index contributed by atoms with van der Waals surface area (Å²) >= 11 is 0. The standard InChI is InChI=1S/C11H13F3N2/c12-11(13,14)10-8(3-1-6-16-10)7-9-4-2-5-15-9/h1,3,6,9,15H,2,4-5,7H2. The van der Waals surface area contributed by atoms with E-state index in [1.165, 1.54) is 12.3 Å². The van der Waals surface area contributed by atoms with Gasteiger partial charge in [0.05, 0.1) is 0 Å². The second kappa shape index (κ2) is 4.41. The summed E-state index contributed by atoms with van der Waals surface area (Å²) in [5.41, 5.74) is -0.460. The van der Waals surface area contributed by atoms with E-state index in [4.69, 9.17) is 0 Å². The third-order valence-corrected chi connectivity index (χ3v) is 2.79. The summed E-state index contributed by atoms with van der Waals surface area (Å²) in [5.74, 6) is 0. The highest BCUT2D eigenvalue weighted by Crippen LogP contribution is 2.31. The first-order valence-corrected chi connectivity index (χ1v) is 5.32. The monoisotopic (exact) mass is 230 g/mol. The summed E-state index contributed by atoms with van der Waals surface area (Å²) in [6, 6.07) is 3.22. The molecule has 1 aromatic rings. The first-order valence-electron chi connectivity index (χ1n) is 5.32. The van der Waals surface area contributed by atoms with Crippen LogP contribution in [0.2, 0.25) is 0 Å². The second-order valence-corrected chi connectivity index (χ2v) is 4.01. The fraction of sp³-hybridized carbons (Fsp3) is 0.545. The Morgan fingerprint density at radius 3 is 2.88 bits per heavy atom. The number of nitrogens with zero attached hydrogens (tertiary/aromatic N) is 1. The second-order valence-electron chi connectivity index (χ2n) is 4.01.